The molecule has 0 saturated carbocycles. The van der Waals surface area contributed by atoms with Gasteiger partial charge in [-0.05, 0) is 24.1 Å². The number of hydrogen-bond acceptors (Lipinski definition) is 3. The molecular formula is C15H11FN2O3. The summed E-state index contributed by atoms with van der Waals surface area (Å²) in [6.07, 6.45) is 0.693. The van der Waals surface area contributed by atoms with E-state index in [2.05, 4.69) is 0 Å². The summed E-state index contributed by atoms with van der Waals surface area (Å²) in [6.45, 7) is 0.445. The van der Waals surface area contributed by atoms with Crippen LogP contribution in [0.15, 0.2) is 42.5 Å². The van der Waals surface area contributed by atoms with Crippen molar-refractivity contribution in [3.8, 4) is 0 Å². The molecule has 0 aromatic heterocycles. The van der Waals surface area contributed by atoms with Gasteiger partial charge in [-0.1, -0.05) is 18.2 Å². The van der Waals surface area contributed by atoms with Crippen LogP contribution in [0, 0.1) is 15.9 Å². The van der Waals surface area contributed by atoms with Crippen LogP contribution >= 0.6 is 0 Å². The first kappa shape index (κ1) is 13.2. The second kappa shape index (κ2) is 4.97. The van der Waals surface area contributed by atoms with Crippen LogP contribution in [0.5, 0.6) is 0 Å². The summed E-state index contributed by atoms with van der Waals surface area (Å²) in [6, 6.07) is 10.4. The van der Waals surface area contributed by atoms with Gasteiger partial charge in [-0.3, -0.25) is 14.9 Å². The molecule has 0 bridgehead atoms. The summed E-state index contributed by atoms with van der Waals surface area (Å²) in [5.41, 5.74) is 1.17. The maximum absolute atomic E-state index is 13.8. The van der Waals surface area contributed by atoms with Gasteiger partial charge in [0, 0.05) is 24.4 Å². The number of carbonyl (C=O) groups is 1. The monoisotopic (exact) mass is 286 g/mol. The van der Waals surface area contributed by atoms with Gasteiger partial charge < -0.3 is 4.90 Å². The Balaban J connectivity index is 2.00. The molecule has 1 aliphatic heterocycles. The van der Waals surface area contributed by atoms with Gasteiger partial charge in [0.25, 0.3) is 11.6 Å². The molecule has 106 valence electrons. The van der Waals surface area contributed by atoms with Crippen LogP contribution in [0.3, 0.4) is 0 Å². The van der Waals surface area contributed by atoms with Crippen molar-refractivity contribution in [2.75, 3.05) is 11.4 Å². The molecule has 2 aromatic carbocycles. The summed E-state index contributed by atoms with van der Waals surface area (Å²) < 4.78 is 13.8. The molecular weight excluding hydrogens is 275 g/mol. The Morgan fingerprint density at radius 2 is 2.00 bits per heavy atom. The Labute approximate surface area is 119 Å². The number of nitro benzene ring substituents is 1. The van der Waals surface area contributed by atoms with E-state index < -0.39 is 16.6 Å². The molecule has 0 N–H and O–H groups in total. The molecule has 2 aromatic rings. The molecule has 1 aliphatic rings. The fourth-order valence-corrected chi connectivity index (χ4v) is 2.49. The van der Waals surface area contributed by atoms with Crippen molar-refractivity contribution in [1.29, 1.82) is 0 Å². The Morgan fingerprint density at radius 1 is 1.24 bits per heavy atom. The summed E-state index contributed by atoms with van der Waals surface area (Å²) in [5, 5.41) is 10.8. The van der Waals surface area contributed by atoms with E-state index in [1.54, 1.807) is 12.1 Å². The van der Waals surface area contributed by atoms with Gasteiger partial charge in [-0.2, -0.15) is 0 Å². The highest BCUT2D eigenvalue weighted by Gasteiger charge is 2.28. The number of para-hydroxylation sites is 1. The van der Waals surface area contributed by atoms with Crippen molar-refractivity contribution in [3.05, 3.63) is 69.5 Å². The number of fused-ring (bicyclic) bond motifs is 1. The standard InChI is InChI=1S/C15H11FN2O3/c16-13-6-5-11(18(20)21)9-12(13)15(19)17-8-7-10-3-1-2-4-14(10)17/h1-6,9H,7-8H2. The fraction of sp³-hybridized carbons (Fsp3) is 0.133. The van der Waals surface area contributed by atoms with Crippen LogP contribution in [0.1, 0.15) is 15.9 Å². The zero-order chi connectivity index (χ0) is 15.0. The number of halogens is 1. The molecule has 3 rings (SSSR count). The maximum Gasteiger partial charge on any atom is 0.270 e. The molecule has 5 nitrogen and oxygen atoms in total. The summed E-state index contributed by atoms with van der Waals surface area (Å²) in [5.74, 6) is -1.31. The highest BCUT2D eigenvalue weighted by atomic mass is 19.1. The number of anilines is 1. The van der Waals surface area contributed by atoms with Crippen LogP contribution in [0.4, 0.5) is 15.8 Å². The highest BCUT2D eigenvalue weighted by molar-refractivity contribution is 6.07. The van der Waals surface area contributed by atoms with Crippen molar-refractivity contribution in [3.63, 3.8) is 0 Å². The fourth-order valence-electron chi connectivity index (χ4n) is 2.49. The van der Waals surface area contributed by atoms with E-state index in [1.165, 1.54) is 4.90 Å². The minimum absolute atomic E-state index is 0.277. The number of non-ortho nitro benzene ring substituents is 1. The van der Waals surface area contributed by atoms with Crippen LogP contribution in [-0.2, 0) is 6.42 Å². The van der Waals surface area contributed by atoms with Crippen LogP contribution in [0.25, 0.3) is 0 Å². The molecule has 0 fully saturated rings. The topological polar surface area (TPSA) is 63.4 Å². The van der Waals surface area contributed by atoms with E-state index in [1.807, 2.05) is 12.1 Å². The molecule has 0 atom stereocenters. The molecule has 6 heteroatoms. The number of carbonyl (C=O) groups excluding carboxylic acids is 1. The summed E-state index contributed by atoms with van der Waals surface area (Å²) >= 11 is 0. The van der Waals surface area contributed by atoms with Gasteiger partial charge in [-0.25, -0.2) is 4.39 Å². The third-order valence-corrected chi connectivity index (χ3v) is 3.52. The van der Waals surface area contributed by atoms with Crippen LogP contribution in [-0.4, -0.2) is 17.4 Å². The van der Waals surface area contributed by atoms with Gasteiger partial charge in [0.05, 0.1) is 10.5 Å². The average Bonchev–Trinajstić information content (AvgIpc) is 2.90. The van der Waals surface area contributed by atoms with Gasteiger partial charge in [-0.15, -0.1) is 0 Å². The Kier molecular flexibility index (Phi) is 3.13. The van der Waals surface area contributed by atoms with Crippen molar-refractivity contribution in [2.45, 2.75) is 6.42 Å². The van der Waals surface area contributed by atoms with E-state index in [9.17, 15) is 19.3 Å². The predicted octanol–water partition coefficient (Wildman–Crippen LogP) is 2.94. The predicted molar refractivity (Wildman–Crippen MR) is 74.9 cm³/mol. The molecule has 0 aliphatic carbocycles. The molecule has 1 amide bonds. The van der Waals surface area contributed by atoms with Crippen molar-refractivity contribution < 1.29 is 14.1 Å². The highest BCUT2D eigenvalue weighted by Crippen LogP contribution is 2.30. The first-order chi connectivity index (χ1) is 10.1. The lowest BCUT2D eigenvalue weighted by molar-refractivity contribution is -0.384. The summed E-state index contributed by atoms with van der Waals surface area (Å²) in [7, 11) is 0. The van der Waals surface area contributed by atoms with E-state index in [4.69, 9.17) is 0 Å². The molecule has 0 spiro atoms. The Morgan fingerprint density at radius 3 is 2.76 bits per heavy atom. The number of amides is 1. The van der Waals surface area contributed by atoms with Crippen molar-refractivity contribution >= 4 is 17.3 Å². The Bertz CT molecular complexity index is 745. The Hall–Kier alpha value is -2.76. The number of benzene rings is 2. The largest absolute Gasteiger partial charge is 0.308 e. The van der Waals surface area contributed by atoms with E-state index in [0.29, 0.717) is 13.0 Å². The zero-order valence-corrected chi connectivity index (χ0v) is 11.0. The second-order valence-electron chi connectivity index (χ2n) is 4.76. The first-order valence-electron chi connectivity index (χ1n) is 6.41. The average molecular weight is 286 g/mol. The minimum atomic E-state index is -0.755. The number of hydrogen-bond donors (Lipinski definition) is 0. The number of nitrogens with zero attached hydrogens (tertiary/aromatic N) is 2. The lowest BCUT2D eigenvalue weighted by Gasteiger charge is -2.17. The third kappa shape index (κ3) is 2.24. The molecule has 0 unspecified atom stereocenters. The molecule has 0 saturated heterocycles. The second-order valence-corrected chi connectivity index (χ2v) is 4.76. The minimum Gasteiger partial charge on any atom is -0.308 e. The van der Waals surface area contributed by atoms with Gasteiger partial charge in [0.1, 0.15) is 5.82 Å². The zero-order valence-electron chi connectivity index (χ0n) is 11.0. The van der Waals surface area contributed by atoms with Crippen LogP contribution < -0.4 is 4.90 Å². The van der Waals surface area contributed by atoms with Crippen LogP contribution in [0.2, 0.25) is 0 Å². The van der Waals surface area contributed by atoms with Gasteiger partial charge >= 0.3 is 0 Å². The number of rotatable bonds is 2. The smallest absolute Gasteiger partial charge is 0.270 e. The normalized spacial score (nSPS) is 13.1. The number of nitro groups is 1. The van der Waals surface area contributed by atoms with E-state index >= 15 is 0 Å². The summed E-state index contributed by atoms with van der Waals surface area (Å²) in [4.78, 5) is 24.0. The van der Waals surface area contributed by atoms with Crippen molar-refractivity contribution in [2.24, 2.45) is 0 Å². The van der Waals surface area contributed by atoms with E-state index in [-0.39, 0.29) is 11.3 Å². The maximum atomic E-state index is 13.8. The van der Waals surface area contributed by atoms with Crippen molar-refractivity contribution in [1.82, 2.24) is 0 Å². The van der Waals surface area contributed by atoms with E-state index in [0.717, 1.165) is 29.4 Å². The third-order valence-electron chi connectivity index (χ3n) is 3.52. The SMILES string of the molecule is O=C(c1cc([N+](=O)[O-])ccc1F)N1CCc2ccccc21. The lowest BCUT2D eigenvalue weighted by Crippen LogP contribution is -2.29. The molecule has 0 radical (unpaired) electrons. The van der Waals surface area contributed by atoms with Gasteiger partial charge in [0.2, 0.25) is 0 Å². The quantitative estimate of drug-likeness (QED) is 0.630. The molecule has 21 heavy (non-hydrogen) atoms. The molecule has 1 heterocycles. The lowest BCUT2D eigenvalue weighted by atomic mass is 10.1. The first-order valence-corrected chi connectivity index (χ1v) is 6.41. The van der Waals surface area contributed by atoms with Gasteiger partial charge in [0.15, 0.2) is 0 Å².